The molecular formula is C22H25NO4. The van der Waals surface area contributed by atoms with Crippen LogP contribution in [-0.4, -0.2) is 25.6 Å². The van der Waals surface area contributed by atoms with Gasteiger partial charge in [-0.1, -0.05) is 50.2 Å². The van der Waals surface area contributed by atoms with Crippen molar-refractivity contribution in [2.24, 2.45) is 0 Å². The summed E-state index contributed by atoms with van der Waals surface area (Å²) in [6, 6.07) is 15.3. The summed E-state index contributed by atoms with van der Waals surface area (Å²) in [5, 5.41) is 2.70. The van der Waals surface area contributed by atoms with Crippen molar-refractivity contribution >= 4 is 18.0 Å². The maximum atomic E-state index is 11.8. The lowest BCUT2D eigenvalue weighted by atomic mass is 10.0. The third-order valence-corrected chi connectivity index (χ3v) is 4.01. The van der Waals surface area contributed by atoms with E-state index >= 15 is 0 Å². The molecule has 0 aliphatic rings. The van der Waals surface area contributed by atoms with Gasteiger partial charge in [0.05, 0.1) is 7.11 Å². The predicted molar refractivity (Wildman–Crippen MR) is 105 cm³/mol. The van der Waals surface area contributed by atoms with Crippen LogP contribution in [0.1, 0.15) is 36.5 Å². The standard InChI is InChI=1S/C22H25NO4/c1-16(2)19-9-4-17(5-10-19)8-13-22(25)27-15-21(24)23-14-18-6-11-20(26-3)12-7-18/h4-13,16H,14-15H2,1-3H3,(H,23,24). The molecule has 1 amide bonds. The number of ether oxygens (including phenoxy) is 2. The number of nitrogens with one attached hydrogen (secondary N) is 1. The average Bonchev–Trinajstić information content (AvgIpc) is 2.69. The molecule has 0 unspecified atom stereocenters. The molecule has 1 N–H and O–H groups in total. The highest BCUT2D eigenvalue weighted by atomic mass is 16.5. The van der Waals surface area contributed by atoms with Crippen molar-refractivity contribution in [3.63, 3.8) is 0 Å². The van der Waals surface area contributed by atoms with Gasteiger partial charge >= 0.3 is 5.97 Å². The second-order valence-electron chi connectivity index (χ2n) is 6.39. The number of carbonyl (C=O) groups excluding carboxylic acids is 2. The minimum Gasteiger partial charge on any atom is -0.497 e. The third-order valence-electron chi connectivity index (χ3n) is 4.01. The van der Waals surface area contributed by atoms with Gasteiger partial charge in [0.1, 0.15) is 5.75 Å². The smallest absolute Gasteiger partial charge is 0.331 e. The van der Waals surface area contributed by atoms with Crippen LogP contribution in [0.25, 0.3) is 6.08 Å². The van der Waals surface area contributed by atoms with Crippen LogP contribution in [0, 0.1) is 0 Å². The first-order chi connectivity index (χ1) is 13.0. The van der Waals surface area contributed by atoms with Crippen molar-refractivity contribution in [3.05, 3.63) is 71.3 Å². The molecule has 5 heteroatoms. The largest absolute Gasteiger partial charge is 0.497 e. The summed E-state index contributed by atoms with van der Waals surface area (Å²) in [5.41, 5.74) is 3.07. The Balaban J connectivity index is 1.72. The van der Waals surface area contributed by atoms with Gasteiger partial charge in [0, 0.05) is 12.6 Å². The van der Waals surface area contributed by atoms with Crippen LogP contribution >= 0.6 is 0 Å². The van der Waals surface area contributed by atoms with Gasteiger partial charge in [0.25, 0.3) is 5.91 Å². The van der Waals surface area contributed by atoms with Gasteiger partial charge in [-0.05, 0) is 40.8 Å². The molecule has 2 aromatic carbocycles. The number of hydrogen-bond donors (Lipinski definition) is 1. The Bertz CT molecular complexity index is 777. The highest BCUT2D eigenvalue weighted by Crippen LogP contribution is 2.15. The van der Waals surface area contributed by atoms with Crippen LogP contribution in [0.4, 0.5) is 0 Å². The summed E-state index contributed by atoms with van der Waals surface area (Å²) in [6.07, 6.45) is 2.99. The molecular weight excluding hydrogens is 342 g/mol. The molecule has 0 saturated heterocycles. The van der Waals surface area contributed by atoms with Crippen LogP contribution in [-0.2, 0) is 20.9 Å². The number of esters is 1. The summed E-state index contributed by atoms with van der Waals surface area (Å²) in [4.78, 5) is 23.5. The maximum Gasteiger partial charge on any atom is 0.331 e. The van der Waals surface area contributed by atoms with Crippen molar-refractivity contribution in [2.45, 2.75) is 26.3 Å². The Morgan fingerprint density at radius 2 is 1.70 bits per heavy atom. The van der Waals surface area contributed by atoms with E-state index in [1.807, 2.05) is 48.5 Å². The molecule has 27 heavy (non-hydrogen) atoms. The Kier molecular flexibility index (Phi) is 7.62. The number of hydrogen-bond acceptors (Lipinski definition) is 4. The first-order valence-electron chi connectivity index (χ1n) is 8.82. The van der Waals surface area contributed by atoms with E-state index in [1.54, 1.807) is 13.2 Å². The quantitative estimate of drug-likeness (QED) is 0.571. The molecule has 0 atom stereocenters. The molecule has 0 aliphatic heterocycles. The highest BCUT2D eigenvalue weighted by Gasteiger charge is 2.05. The molecule has 0 spiro atoms. The van der Waals surface area contributed by atoms with Crippen LogP contribution in [0.2, 0.25) is 0 Å². The highest BCUT2D eigenvalue weighted by molar-refractivity contribution is 5.89. The Labute approximate surface area is 160 Å². The Morgan fingerprint density at radius 3 is 2.30 bits per heavy atom. The van der Waals surface area contributed by atoms with E-state index in [9.17, 15) is 9.59 Å². The van der Waals surface area contributed by atoms with E-state index in [-0.39, 0.29) is 12.5 Å². The van der Waals surface area contributed by atoms with Crippen molar-refractivity contribution in [1.82, 2.24) is 5.32 Å². The Hall–Kier alpha value is -3.08. The van der Waals surface area contributed by atoms with Gasteiger partial charge in [-0.2, -0.15) is 0 Å². The number of methoxy groups -OCH3 is 1. The molecule has 0 heterocycles. The average molecular weight is 367 g/mol. The zero-order chi connectivity index (χ0) is 19.6. The number of carbonyl (C=O) groups is 2. The van der Waals surface area contributed by atoms with Crippen molar-refractivity contribution < 1.29 is 19.1 Å². The monoisotopic (exact) mass is 367 g/mol. The predicted octanol–water partition coefficient (Wildman–Crippen LogP) is 3.69. The number of benzene rings is 2. The van der Waals surface area contributed by atoms with Crippen LogP contribution in [0.5, 0.6) is 5.75 Å². The van der Waals surface area contributed by atoms with Gasteiger partial charge in [0.2, 0.25) is 0 Å². The summed E-state index contributed by atoms with van der Waals surface area (Å²) in [5.74, 6) is 0.311. The summed E-state index contributed by atoms with van der Waals surface area (Å²) < 4.78 is 10.0. The maximum absolute atomic E-state index is 11.8. The third kappa shape index (κ3) is 6.98. The molecule has 0 aliphatic carbocycles. The summed E-state index contributed by atoms with van der Waals surface area (Å²) in [6.45, 7) is 4.30. The fraction of sp³-hybridized carbons (Fsp3) is 0.273. The van der Waals surface area contributed by atoms with E-state index in [0.29, 0.717) is 12.5 Å². The van der Waals surface area contributed by atoms with E-state index < -0.39 is 5.97 Å². The number of amides is 1. The molecule has 5 nitrogen and oxygen atoms in total. The van der Waals surface area contributed by atoms with Gasteiger partial charge in [-0.3, -0.25) is 4.79 Å². The van der Waals surface area contributed by atoms with Crippen LogP contribution < -0.4 is 10.1 Å². The van der Waals surface area contributed by atoms with E-state index in [1.165, 1.54) is 11.6 Å². The zero-order valence-electron chi connectivity index (χ0n) is 15.9. The van der Waals surface area contributed by atoms with E-state index in [4.69, 9.17) is 9.47 Å². The zero-order valence-corrected chi connectivity index (χ0v) is 15.9. The second-order valence-corrected chi connectivity index (χ2v) is 6.39. The minimum absolute atomic E-state index is 0.314. The molecule has 142 valence electrons. The topological polar surface area (TPSA) is 64.6 Å². The molecule has 0 saturated carbocycles. The SMILES string of the molecule is COc1ccc(CNC(=O)COC(=O)C=Cc2ccc(C(C)C)cc2)cc1. The molecule has 0 aromatic heterocycles. The molecule has 2 aromatic rings. The summed E-state index contributed by atoms with van der Waals surface area (Å²) >= 11 is 0. The normalized spacial score (nSPS) is 10.8. The van der Waals surface area contributed by atoms with Gasteiger partial charge in [0.15, 0.2) is 6.61 Å². The van der Waals surface area contributed by atoms with E-state index in [0.717, 1.165) is 16.9 Å². The van der Waals surface area contributed by atoms with Crippen molar-refractivity contribution in [3.8, 4) is 5.75 Å². The lowest BCUT2D eigenvalue weighted by molar-refractivity contribution is -0.143. The Morgan fingerprint density at radius 1 is 1.04 bits per heavy atom. The number of rotatable bonds is 8. The lowest BCUT2D eigenvalue weighted by Gasteiger charge is -2.06. The van der Waals surface area contributed by atoms with Gasteiger partial charge in [-0.15, -0.1) is 0 Å². The van der Waals surface area contributed by atoms with Gasteiger partial charge in [-0.25, -0.2) is 4.79 Å². The van der Waals surface area contributed by atoms with Crippen LogP contribution in [0.15, 0.2) is 54.6 Å². The second kappa shape index (κ2) is 10.2. The fourth-order valence-corrected chi connectivity index (χ4v) is 2.34. The summed E-state index contributed by atoms with van der Waals surface area (Å²) in [7, 11) is 1.60. The molecule has 2 rings (SSSR count). The first-order valence-corrected chi connectivity index (χ1v) is 8.82. The van der Waals surface area contributed by atoms with Crippen molar-refractivity contribution in [1.29, 1.82) is 0 Å². The fourth-order valence-electron chi connectivity index (χ4n) is 2.34. The van der Waals surface area contributed by atoms with Crippen LogP contribution in [0.3, 0.4) is 0 Å². The molecule has 0 bridgehead atoms. The molecule has 0 radical (unpaired) electrons. The minimum atomic E-state index is -0.553. The first kappa shape index (κ1) is 20.2. The van der Waals surface area contributed by atoms with Crippen molar-refractivity contribution in [2.75, 3.05) is 13.7 Å². The lowest BCUT2D eigenvalue weighted by Crippen LogP contribution is -2.28. The van der Waals surface area contributed by atoms with Gasteiger partial charge < -0.3 is 14.8 Å². The van der Waals surface area contributed by atoms with E-state index in [2.05, 4.69) is 19.2 Å². The molecule has 0 fully saturated rings.